The minimum atomic E-state index is -0.406. The summed E-state index contributed by atoms with van der Waals surface area (Å²) < 4.78 is 0.358. The predicted molar refractivity (Wildman–Crippen MR) is 69.6 cm³/mol. The molecule has 1 aromatic heterocycles. The Hall–Kier alpha value is -1.30. The number of hydrogen-bond donors (Lipinski definition) is 1. The van der Waals surface area contributed by atoms with E-state index >= 15 is 0 Å². The molecule has 0 aromatic carbocycles. The van der Waals surface area contributed by atoms with E-state index in [9.17, 15) is 10.1 Å². The van der Waals surface area contributed by atoms with Crippen molar-refractivity contribution in [2.24, 2.45) is 0 Å². The predicted octanol–water partition coefficient (Wildman–Crippen LogP) is 2.61. The minimum absolute atomic E-state index is 0.0709. The topological polar surface area (TPSA) is 68.1 Å². The third-order valence-electron chi connectivity index (χ3n) is 3.09. The summed E-state index contributed by atoms with van der Waals surface area (Å²) >= 11 is 1.87. The molecule has 17 heavy (non-hydrogen) atoms. The maximum absolute atomic E-state index is 10.6. The smallest absolute Gasteiger partial charge is 0.290 e. The van der Waals surface area contributed by atoms with Crippen molar-refractivity contribution in [2.45, 2.75) is 24.5 Å². The number of aromatic nitrogens is 1. The summed E-state index contributed by atoms with van der Waals surface area (Å²) in [5, 5.41) is 13.9. The monoisotopic (exact) mass is 253 g/mol. The third-order valence-corrected chi connectivity index (χ3v) is 4.51. The Kier molecular flexibility index (Phi) is 3.24. The van der Waals surface area contributed by atoms with Crippen LogP contribution in [0.15, 0.2) is 12.1 Å². The summed E-state index contributed by atoms with van der Waals surface area (Å²) in [6.45, 7) is 2.53. The van der Waals surface area contributed by atoms with Gasteiger partial charge in [0, 0.05) is 17.4 Å². The number of anilines is 1. The molecule has 0 aliphatic heterocycles. The van der Waals surface area contributed by atoms with Crippen LogP contribution >= 0.6 is 11.8 Å². The highest BCUT2D eigenvalue weighted by atomic mass is 32.2. The molecule has 1 aliphatic rings. The van der Waals surface area contributed by atoms with Crippen molar-refractivity contribution in [3.63, 3.8) is 0 Å². The molecule has 1 aromatic rings. The molecule has 0 spiro atoms. The van der Waals surface area contributed by atoms with Gasteiger partial charge in [-0.1, -0.05) is 0 Å². The second-order valence-electron chi connectivity index (χ2n) is 4.30. The second kappa shape index (κ2) is 4.52. The molecule has 1 saturated carbocycles. The highest BCUT2D eigenvalue weighted by Crippen LogP contribution is 2.46. The van der Waals surface area contributed by atoms with Gasteiger partial charge in [-0.3, -0.25) is 10.1 Å². The first-order chi connectivity index (χ1) is 8.06. The Morgan fingerprint density at radius 3 is 2.76 bits per heavy atom. The fraction of sp³-hybridized carbons (Fsp3) is 0.545. The summed E-state index contributed by atoms with van der Waals surface area (Å²) in [7, 11) is 0. The third kappa shape index (κ3) is 2.69. The molecule has 5 nitrogen and oxygen atoms in total. The van der Waals surface area contributed by atoms with Crippen molar-refractivity contribution in [1.82, 2.24) is 4.98 Å². The number of rotatable bonds is 5. The number of nitrogens with one attached hydrogen (secondary N) is 1. The van der Waals surface area contributed by atoms with Crippen molar-refractivity contribution in [1.29, 1.82) is 0 Å². The molecule has 0 amide bonds. The number of pyridine rings is 1. The van der Waals surface area contributed by atoms with Gasteiger partial charge in [0.25, 0.3) is 5.69 Å². The molecule has 0 bridgehead atoms. The highest BCUT2D eigenvalue weighted by Gasteiger charge is 2.41. The zero-order valence-corrected chi connectivity index (χ0v) is 10.7. The Labute approximate surface area is 104 Å². The lowest BCUT2D eigenvalue weighted by Gasteiger charge is -2.13. The van der Waals surface area contributed by atoms with E-state index in [0.717, 1.165) is 6.54 Å². The molecular formula is C11H15N3O2S. The molecule has 0 radical (unpaired) electrons. The van der Waals surface area contributed by atoms with Crippen LogP contribution in [0.4, 0.5) is 11.5 Å². The van der Waals surface area contributed by atoms with E-state index in [0.29, 0.717) is 16.3 Å². The number of hydrogen-bond acceptors (Lipinski definition) is 5. The lowest BCUT2D eigenvalue weighted by molar-refractivity contribution is -0.385. The van der Waals surface area contributed by atoms with E-state index in [2.05, 4.69) is 16.6 Å². The number of nitro groups is 1. The Bertz CT molecular complexity index is 446. The van der Waals surface area contributed by atoms with E-state index in [1.165, 1.54) is 18.9 Å². The van der Waals surface area contributed by atoms with E-state index in [-0.39, 0.29) is 5.69 Å². The van der Waals surface area contributed by atoms with E-state index in [1.54, 1.807) is 13.0 Å². The van der Waals surface area contributed by atoms with Crippen LogP contribution in [0.3, 0.4) is 0 Å². The first kappa shape index (κ1) is 12.2. The van der Waals surface area contributed by atoms with Gasteiger partial charge in [-0.15, -0.1) is 0 Å². The molecule has 1 fully saturated rings. The Morgan fingerprint density at radius 2 is 2.29 bits per heavy atom. The zero-order valence-electron chi connectivity index (χ0n) is 9.90. The highest BCUT2D eigenvalue weighted by molar-refractivity contribution is 8.00. The molecule has 1 heterocycles. The molecule has 6 heteroatoms. The van der Waals surface area contributed by atoms with Gasteiger partial charge in [-0.2, -0.15) is 11.8 Å². The SMILES string of the molecule is CSC1(CNc2ccc([N+](=O)[O-])c(C)n2)CC1. The summed E-state index contributed by atoms with van der Waals surface area (Å²) in [6, 6.07) is 3.17. The van der Waals surface area contributed by atoms with Crippen LogP contribution in [0, 0.1) is 17.0 Å². The van der Waals surface area contributed by atoms with Gasteiger partial charge in [0.1, 0.15) is 11.5 Å². The van der Waals surface area contributed by atoms with Crippen LogP contribution in [0.1, 0.15) is 18.5 Å². The van der Waals surface area contributed by atoms with Gasteiger partial charge in [0.05, 0.1) is 4.92 Å². The molecule has 2 rings (SSSR count). The van der Waals surface area contributed by atoms with Crippen LogP contribution in [-0.4, -0.2) is 27.5 Å². The standard InChI is InChI=1S/C11H15N3O2S/c1-8-9(14(15)16)3-4-10(13-8)12-7-11(17-2)5-6-11/h3-4H,5-7H2,1-2H3,(H,12,13). The van der Waals surface area contributed by atoms with Crippen LogP contribution in [0.5, 0.6) is 0 Å². The van der Waals surface area contributed by atoms with Gasteiger partial charge in [-0.25, -0.2) is 4.98 Å². The maximum Gasteiger partial charge on any atom is 0.290 e. The van der Waals surface area contributed by atoms with Gasteiger partial charge >= 0.3 is 0 Å². The van der Waals surface area contributed by atoms with Crippen molar-refractivity contribution >= 4 is 23.3 Å². The summed E-state index contributed by atoms with van der Waals surface area (Å²) in [6.07, 6.45) is 4.57. The Balaban J connectivity index is 2.03. The van der Waals surface area contributed by atoms with Gasteiger partial charge in [0.15, 0.2) is 0 Å². The molecule has 0 atom stereocenters. The van der Waals surface area contributed by atoms with Crippen molar-refractivity contribution < 1.29 is 4.92 Å². The van der Waals surface area contributed by atoms with Crippen LogP contribution < -0.4 is 5.32 Å². The van der Waals surface area contributed by atoms with Crippen molar-refractivity contribution in [2.75, 3.05) is 18.1 Å². The van der Waals surface area contributed by atoms with Crippen LogP contribution in [0.2, 0.25) is 0 Å². The zero-order chi connectivity index (χ0) is 12.5. The molecular weight excluding hydrogens is 238 g/mol. The van der Waals surface area contributed by atoms with E-state index in [4.69, 9.17) is 0 Å². The van der Waals surface area contributed by atoms with Gasteiger partial charge in [-0.05, 0) is 32.1 Å². The first-order valence-electron chi connectivity index (χ1n) is 5.47. The largest absolute Gasteiger partial charge is 0.369 e. The van der Waals surface area contributed by atoms with Crippen molar-refractivity contribution in [3.05, 3.63) is 27.9 Å². The average molecular weight is 253 g/mol. The molecule has 92 valence electrons. The van der Waals surface area contributed by atoms with E-state index in [1.807, 2.05) is 11.8 Å². The quantitative estimate of drug-likeness (QED) is 0.645. The normalized spacial score (nSPS) is 16.6. The minimum Gasteiger partial charge on any atom is -0.369 e. The first-order valence-corrected chi connectivity index (χ1v) is 6.70. The molecule has 1 aliphatic carbocycles. The summed E-state index contributed by atoms with van der Waals surface area (Å²) in [5.41, 5.74) is 0.524. The molecule has 0 unspecified atom stereocenters. The van der Waals surface area contributed by atoms with Gasteiger partial charge in [0.2, 0.25) is 0 Å². The number of nitrogens with zero attached hydrogens (tertiary/aromatic N) is 2. The lowest BCUT2D eigenvalue weighted by Crippen LogP contribution is -2.18. The molecule has 1 N–H and O–H groups in total. The Morgan fingerprint density at radius 1 is 1.59 bits per heavy atom. The fourth-order valence-electron chi connectivity index (χ4n) is 1.69. The summed E-state index contributed by atoms with van der Waals surface area (Å²) in [5.74, 6) is 0.716. The van der Waals surface area contributed by atoms with Crippen LogP contribution in [0.25, 0.3) is 0 Å². The number of aryl methyl sites for hydroxylation is 1. The lowest BCUT2D eigenvalue weighted by atomic mass is 10.3. The summed E-state index contributed by atoms with van der Waals surface area (Å²) in [4.78, 5) is 14.4. The van der Waals surface area contributed by atoms with Gasteiger partial charge < -0.3 is 5.32 Å². The van der Waals surface area contributed by atoms with Crippen molar-refractivity contribution in [3.8, 4) is 0 Å². The second-order valence-corrected chi connectivity index (χ2v) is 5.57. The van der Waals surface area contributed by atoms with E-state index < -0.39 is 4.92 Å². The fourth-order valence-corrected chi connectivity index (χ4v) is 2.42. The molecule has 0 saturated heterocycles. The average Bonchev–Trinajstić information content (AvgIpc) is 3.07. The maximum atomic E-state index is 10.6. The number of thioether (sulfide) groups is 1. The van der Waals surface area contributed by atoms with Crippen LogP contribution in [-0.2, 0) is 0 Å².